The first-order valence-electron chi connectivity index (χ1n) is 7.97. The maximum absolute atomic E-state index is 11.4. The van der Waals surface area contributed by atoms with Crippen molar-refractivity contribution >= 4 is 24.6 Å². The van der Waals surface area contributed by atoms with Gasteiger partial charge in [-0.25, -0.2) is 4.79 Å². The normalized spacial score (nSPS) is 19.3. The molecule has 124 valence electrons. The van der Waals surface area contributed by atoms with Crippen LogP contribution in [0.3, 0.4) is 0 Å². The van der Waals surface area contributed by atoms with E-state index < -0.39 is 0 Å². The summed E-state index contributed by atoms with van der Waals surface area (Å²) in [4.78, 5) is 11.4. The first-order valence-corrected chi connectivity index (χ1v) is 7.97. The first kappa shape index (κ1) is 17.8. The molecule has 0 N–H and O–H groups in total. The predicted octanol–water partition coefficient (Wildman–Crippen LogP) is 2.87. The molecule has 1 heterocycles. The van der Waals surface area contributed by atoms with Gasteiger partial charge < -0.3 is 14.0 Å². The Labute approximate surface area is 139 Å². The SMILES string of the molecule is CCOC(=O)C=Cc1ccc(B2OC(C)(C)C(C)(C)O2)c(C)c1. The molecule has 5 heteroatoms. The standard InChI is InChI=1S/C18H25BO4/c1-7-21-16(20)11-9-14-8-10-15(13(2)12-14)19-22-17(3,4)18(5,6)23-19/h8-12H,7H2,1-6H3. The highest BCUT2D eigenvalue weighted by atomic mass is 16.7. The van der Waals surface area contributed by atoms with Gasteiger partial charge in [-0.2, -0.15) is 0 Å². The summed E-state index contributed by atoms with van der Waals surface area (Å²) in [5, 5.41) is 0. The molecule has 1 aromatic carbocycles. The molecule has 0 saturated carbocycles. The molecule has 0 amide bonds. The van der Waals surface area contributed by atoms with Gasteiger partial charge in [0.15, 0.2) is 0 Å². The van der Waals surface area contributed by atoms with Gasteiger partial charge in [0.05, 0.1) is 17.8 Å². The molecule has 0 radical (unpaired) electrons. The molecular weight excluding hydrogens is 291 g/mol. The number of carbonyl (C=O) groups is 1. The third kappa shape index (κ3) is 3.85. The second-order valence-electron chi connectivity index (χ2n) is 6.79. The molecule has 1 aliphatic heterocycles. The summed E-state index contributed by atoms with van der Waals surface area (Å²) < 4.78 is 17.1. The van der Waals surface area contributed by atoms with E-state index in [9.17, 15) is 4.79 Å². The zero-order chi connectivity index (χ0) is 17.3. The van der Waals surface area contributed by atoms with Crippen LogP contribution in [-0.4, -0.2) is 30.9 Å². The number of aryl methyl sites for hydroxylation is 1. The van der Waals surface area contributed by atoms with Gasteiger partial charge in [0.1, 0.15) is 0 Å². The van der Waals surface area contributed by atoms with Crippen LogP contribution in [0.5, 0.6) is 0 Å². The van der Waals surface area contributed by atoms with Crippen molar-refractivity contribution in [3.05, 3.63) is 35.4 Å². The third-order valence-corrected chi connectivity index (χ3v) is 4.50. The second kappa shape index (κ2) is 6.50. The summed E-state index contributed by atoms with van der Waals surface area (Å²) in [6, 6.07) is 5.95. The van der Waals surface area contributed by atoms with Crippen LogP contribution in [0.15, 0.2) is 24.3 Å². The van der Waals surface area contributed by atoms with Crippen LogP contribution in [-0.2, 0) is 18.8 Å². The number of ether oxygens (including phenoxy) is 1. The Morgan fingerprint density at radius 3 is 2.35 bits per heavy atom. The minimum Gasteiger partial charge on any atom is -0.463 e. The number of esters is 1. The lowest BCUT2D eigenvalue weighted by Crippen LogP contribution is -2.41. The van der Waals surface area contributed by atoms with E-state index >= 15 is 0 Å². The van der Waals surface area contributed by atoms with Crippen LogP contribution < -0.4 is 5.46 Å². The van der Waals surface area contributed by atoms with Crippen molar-refractivity contribution in [2.75, 3.05) is 6.61 Å². The van der Waals surface area contributed by atoms with E-state index in [1.54, 1.807) is 13.0 Å². The van der Waals surface area contributed by atoms with Crippen molar-refractivity contribution in [3.8, 4) is 0 Å². The molecule has 1 saturated heterocycles. The Kier molecular flexibility index (Phi) is 5.02. The van der Waals surface area contributed by atoms with Gasteiger partial charge in [-0.15, -0.1) is 0 Å². The van der Waals surface area contributed by atoms with Crippen LogP contribution in [0.2, 0.25) is 0 Å². The number of hydrogen-bond acceptors (Lipinski definition) is 4. The molecular formula is C18H25BO4. The molecule has 23 heavy (non-hydrogen) atoms. The summed E-state index contributed by atoms with van der Waals surface area (Å²) >= 11 is 0. The molecule has 1 aromatic rings. The number of rotatable bonds is 4. The lowest BCUT2D eigenvalue weighted by Gasteiger charge is -2.32. The van der Waals surface area contributed by atoms with Crippen molar-refractivity contribution in [2.45, 2.75) is 52.7 Å². The molecule has 4 nitrogen and oxygen atoms in total. The molecule has 1 fully saturated rings. The van der Waals surface area contributed by atoms with Crippen LogP contribution >= 0.6 is 0 Å². The van der Waals surface area contributed by atoms with E-state index in [1.807, 2.05) is 52.8 Å². The number of benzene rings is 1. The third-order valence-electron chi connectivity index (χ3n) is 4.50. The van der Waals surface area contributed by atoms with Crippen molar-refractivity contribution in [1.29, 1.82) is 0 Å². The lowest BCUT2D eigenvalue weighted by molar-refractivity contribution is -0.137. The average Bonchev–Trinajstić information content (AvgIpc) is 2.65. The van der Waals surface area contributed by atoms with Crippen molar-refractivity contribution in [3.63, 3.8) is 0 Å². The number of hydrogen-bond donors (Lipinski definition) is 0. The van der Waals surface area contributed by atoms with Crippen molar-refractivity contribution in [1.82, 2.24) is 0 Å². The van der Waals surface area contributed by atoms with E-state index in [-0.39, 0.29) is 24.3 Å². The maximum atomic E-state index is 11.4. The van der Waals surface area contributed by atoms with E-state index in [0.717, 1.165) is 16.6 Å². The van der Waals surface area contributed by atoms with Gasteiger partial charge in [0, 0.05) is 6.08 Å². The highest BCUT2D eigenvalue weighted by molar-refractivity contribution is 6.62. The fourth-order valence-electron chi connectivity index (χ4n) is 2.39. The highest BCUT2D eigenvalue weighted by Crippen LogP contribution is 2.36. The topological polar surface area (TPSA) is 44.8 Å². The van der Waals surface area contributed by atoms with E-state index in [0.29, 0.717) is 6.61 Å². The summed E-state index contributed by atoms with van der Waals surface area (Å²) in [6.45, 7) is 12.3. The smallest absolute Gasteiger partial charge is 0.463 e. The van der Waals surface area contributed by atoms with E-state index in [4.69, 9.17) is 14.0 Å². The summed E-state index contributed by atoms with van der Waals surface area (Å²) in [6.07, 6.45) is 3.19. The minimum absolute atomic E-state index is 0.333. The maximum Gasteiger partial charge on any atom is 0.495 e. The minimum atomic E-state index is -0.372. The van der Waals surface area contributed by atoms with E-state index in [1.165, 1.54) is 6.08 Å². The van der Waals surface area contributed by atoms with Gasteiger partial charge in [-0.1, -0.05) is 23.8 Å². The Hall–Kier alpha value is -1.59. The second-order valence-corrected chi connectivity index (χ2v) is 6.79. The fourth-order valence-corrected chi connectivity index (χ4v) is 2.39. The first-order chi connectivity index (χ1) is 10.7. The quantitative estimate of drug-likeness (QED) is 0.487. The Morgan fingerprint density at radius 1 is 1.22 bits per heavy atom. The average molecular weight is 316 g/mol. The van der Waals surface area contributed by atoms with Gasteiger partial charge in [0.25, 0.3) is 0 Å². The van der Waals surface area contributed by atoms with Gasteiger partial charge >= 0.3 is 13.1 Å². The largest absolute Gasteiger partial charge is 0.495 e. The highest BCUT2D eigenvalue weighted by Gasteiger charge is 2.51. The molecule has 0 spiro atoms. The zero-order valence-corrected chi connectivity index (χ0v) is 14.8. The molecule has 0 aromatic heterocycles. The van der Waals surface area contributed by atoms with Gasteiger partial charge in [0.2, 0.25) is 0 Å². The van der Waals surface area contributed by atoms with Gasteiger partial charge in [-0.05, 0) is 58.6 Å². The summed E-state index contributed by atoms with van der Waals surface area (Å²) in [7, 11) is -0.372. The molecule has 1 aliphatic rings. The Balaban J connectivity index is 2.16. The van der Waals surface area contributed by atoms with Gasteiger partial charge in [-0.3, -0.25) is 0 Å². The van der Waals surface area contributed by atoms with Crippen LogP contribution in [0.4, 0.5) is 0 Å². The number of carbonyl (C=O) groups excluding carboxylic acids is 1. The predicted molar refractivity (Wildman–Crippen MR) is 92.6 cm³/mol. The summed E-state index contributed by atoms with van der Waals surface area (Å²) in [5.74, 6) is -0.333. The van der Waals surface area contributed by atoms with E-state index in [2.05, 4.69) is 0 Å². The summed E-state index contributed by atoms with van der Waals surface area (Å²) in [5.41, 5.74) is 2.31. The molecule has 0 aliphatic carbocycles. The zero-order valence-electron chi connectivity index (χ0n) is 14.8. The van der Waals surface area contributed by atoms with Crippen molar-refractivity contribution < 1.29 is 18.8 Å². The molecule has 0 bridgehead atoms. The van der Waals surface area contributed by atoms with Crippen molar-refractivity contribution in [2.24, 2.45) is 0 Å². The Morgan fingerprint density at radius 2 is 1.83 bits per heavy atom. The lowest BCUT2D eigenvalue weighted by atomic mass is 9.76. The van der Waals surface area contributed by atoms with Crippen LogP contribution in [0.25, 0.3) is 6.08 Å². The van der Waals surface area contributed by atoms with Crippen LogP contribution in [0, 0.1) is 6.92 Å². The molecule has 0 atom stereocenters. The molecule has 2 rings (SSSR count). The fraction of sp³-hybridized carbons (Fsp3) is 0.500. The van der Waals surface area contributed by atoms with Crippen LogP contribution in [0.1, 0.15) is 45.7 Å². The monoisotopic (exact) mass is 316 g/mol. The molecule has 0 unspecified atom stereocenters. The Bertz CT molecular complexity index is 603.